The number of hydrogen-bond donors (Lipinski definition) is 2. The van der Waals surface area contributed by atoms with Crippen molar-refractivity contribution in [2.24, 2.45) is 5.73 Å². The van der Waals surface area contributed by atoms with E-state index >= 15 is 0 Å². The maximum Gasteiger partial charge on any atom is 0.314 e. The summed E-state index contributed by atoms with van der Waals surface area (Å²) in [7, 11) is 0. The summed E-state index contributed by atoms with van der Waals surface area (Å²) in [6.45, 7) is 9.67. The van der Waals surface area contributed by atoms with E-state index in [2.05, 4.69) is 25.7 Å². The highest BCUT2D eigenvalue weighted by atomic mass is 16.4. The third kappa shape index (κ3) is 10.4. The molecule has 1 saturated heterocycles. The van der Waals surface area contributed by atoms with Crippen LogP contribution in [-0.4, -0.2) is 59.1 Å². The molecule has 0 aromatic heterocycles. The zero-order valence-corrected chi connectivity index (χ0v) is 14.4. The minimum atomic E-state index is -0.711. The number of carboxylic acid groups (broad SMARTS) is 1. The molecule has 2 amide bonds. The van der Waals surface area contributed by atoms with E-state index in [4.69, 9.17) is 10.8 Å². The first-order valence-corrected chi connectivity index (χ1v) is 8.38. The molecular weight excluding hydrogens is 282 g/mol. The minimum Gasteiger partial charge on any atom is -0.481 e. The first-order chi connectivity index (χ1) is 10.4. The molecule has 1 fully saturated rings. The molecule has 0 spiro atoms. The Kier molecular flexibility index (Phi) is 11.5. The highest BCUT2D eigenvalue weighted by molar-refractivity contribution is 5.71. The zero-order chi connectivity index (χ0) is 17.0. The topological polar surface area (TPSA) is 86.9 Å². The van der Waals surface area contributed by atoms with Crippen molar-refractivity contribution in [2.45, 2.75) is 65.3 Å². The van der Waals surface area contributed by atoms with Crippen molar-refractivity contribution in [3.63, 3.8) is 0 Å². The molecule has 1 rings (SSSR count). The van der Waals surface area contributed by atoms with Gasteiger partial charge in [0.05, 0.1) is 6.42 Å². The molecule has 0 aromatic carbocycles. The highest BCUT2D eigenvalue weighted by Crippen LogP contribution is 2.08. The molecule has 1 aliphatic heterocycles. The molecule has 0 bridgehead atoms. The van der Waals surface area contributed by atoms with Gasteiger partial charge in [-0.1, -0.05) is 19.8 Å². The van der Waals surface area contributed by atoms with Crippen LogP contribution in [-0.2, 0) is 4.79 Å². The fraction of sp³-hybridized carbons (Fsp3) is 0.875. The van der Waals surface area contributed by atoms with Crippen LogP contribution in [0.4, 0.5) is 4.79 Å². The number of carbonyl (C=O) groups is 2. The van der Waals surface area contributed by atoms with Crippen molar-refractivity contribution in [2.75, 3.05) is 26.2 Å². The second kappa shape index (κ2) is 12.3. The largest absolute Gasteiger partial charge is 0.481 e. The quantitative estimate of drug-likeness (QED) is 0.788. The number of amides is 2. The van der Waals surface area contributed by atoms with Crippen molar-refractivity contribution >= 4 is 12.0 Å². The summed E-state index contributed by atoms with van der Waals surface area (Å²) in [5.41, 5.74) is 5.12. The molecule has 0 radical (unpaired) electrons. The lowest BCUT2D eigenvalue weighted by molar-refractivity contribution is -0.137. The van der Waals surface area contributed by atoms with Crippen molar-refractivity contribution in [1.29, 1.82) is 0 Å². The Bertz CT molecular complexity index is 314. The van der Waals surface area contributed by atoms with Gasteiger partial charge in [0.25, 0.3) is 0 Å². The molecule has 0 atom stereocenters. The number of nitrogens with zero attached hydrogens (tertiary/aromatic N) is 2. The van der Waals surface area contributed by atoms with Crippen LogP contribution in [0.1, 0.15) is 59.3 Å². The fourth-order valence-electron chi connectivity index (χ4n) is 2.45. The lowest BCUT2D eigenvalue weighted by Crippen LogP contribution is -2.36. The summed E-state index contributed by atoms with van der Waals surface area (Å²) >= 11 is 0. The van der Waals surface area contributed by atoms with Gasteiger partial charge in [0, 0.05) is 25.7 Å². The van der Waals surface area contributed by atoms with Gasteiger partial charge in [-0.05, 0) is 39.7 Å². The number of urea groups is 1. The lowest BCUT2D eigenvalue weighted by Gasteiger charge is -2.24. The van der Waals surface area contributed by atoms with E-state index in [9.17, 15) is 9.59 Å². The van der Waals surface area contributed by atoms with Crippen LogP contribution in [0.3, 0.4) is 0 Å². The molecule has 0 unspecified atom stereocenters. The van der Waals surface area contributed by atoms with Crippen molar-refractivity contribution < 1.29 is 14.7 Å². The number of aliphatic carboxylic acids is 1. The smallest absolute Gasteiger partial charge is 0.314 e. The second-order valence-electron chi connectivity index (χ2n) is 6.01. The number of hydrogen-bond acceptors (Lipinski definition) is 3. The Labute approximate surface area is 134 Å². The van der Waals surface area contributed by atoms with Gasteiger partial charge < -0.3 is 20.6 Å². The van der Waals surface area contributed by atoms with E-state index in [0.717, 1.165) is 38.9 Å². The average molecular weight is 315 g/mol. The van der Waals surface area contributed by atoms with Gasteiger partial charge in [-0.15, -0.1) is 0 Å². The predicted octanol–water partition coefficient (Wildman–Crippen LogP) is 2.52. The van der Waals surface area contributed by atoms with Gasteiger partial charge in [-0.25, -0.2) is 4.79 Å². The molecule has 3 N–H and O–H groups in total. The summed E-state index contributed by atoms with van der Waals surface area (Å²) in [6.07, 6.45) is 6.04. The summed E-state index contributed by atoms with van der Waals surface area (Å²) in [4.78, 5) is 24.9. The summed E-state index contributed by atoms with van der Waals surface area (Å²) < 4.78 is 0. The van der Waals surface area contributed by atoms with Crippen LogP contribution in [0.5, 0.6) is 0 Å². The highest BCUT2D eigenvalue weighted by Gasteiger charge is 2.11. The van der Waals surface area contributed by atoms with Gasteiger partial charge in [-0.2, -0.15) is 0 Å². The fourth-order valence-corrected chi connectivity index (χ4v) is 2.45. The van der Waals surface area contributed by atoms with Crippen LogP contribution >= 0.6 is 0 Å². The molecule has 6 nitrogen and oxygen atoms in total. The van der Waals surface area contributed by atoms with Crippen LogP contribution < -0.4 is 5.73 Å². The molecular formula is C16H33N3O3. The molecule has 22 heavy (non-hydrogen) atoms. The van der Waals surface area contributed by atoms with Crippen molar-refractivity contribution in [3.05, 3.63) is 0 Å². The van der Waals surface area contributed by atoms with E-state index in [0.29, 0.717) is 12.6 Å². The van der Waals surface area contributed by atoms with Gasteiger partial charge in [0.15, 0.2) is 0 Å². The average Bonchev–Trinajstić information content (AvgIpc) is 2.72. The molecule has 0 aromatic rings. The zero-order valence-electron chi connectivity index (χ0n) is 14.4. The Morgan fingerprint density at radius 3 is 2.05 bits per heavy atom. The van der Waals surface area contributed by atoms with Crippen molar-refractivity contribution in [3.8, 4) is 0 Å². The number of carbonyl (C=O) groups excluding carboxylic acids is 1. The Balaban J connectivity index is 0.000000406. The molecule has 6 heteroatoms. The van der Waals surface area contributed by atoms with Gasteiger partial charge in [-0.3, -0.25) is 4.79 Å². The van der Waals surface area contributed by atoms with Crippen LogP contribution in [0.15, 0.2) is 0 Å². The van der Waals surface area contributed by atoms with Crippen LogP contribution in [0, 0.1) is 0 Å². The summed E-state index contributed by atoms with van der Waals surface area (Å²) in [5.74, 6) is -0.711. The number of carboxylic acids is 1. The Morgan fingerprint density at radius 1 is 1.14 bits per heavy atom. The Morgan fingerprint density at radius 2 is 1.68 bits per heavy atom. The molecule has 0 saturated carbocycles. The maximum absolute atomic E-state index is 10.7. The normalized spacial score (nSPS) is 15.2. The van der Waals surface area contributed by atoms with Crippen LogP contribution in [0.2, 0.25) is 0 Å². The number of nitrogens with two attached hydrogens (primary N) is 1. The van der Waals surface area contributed by atoms with Gasteiger partial charge in [0.2, 0.25) is 0 Å². The molecule has 1 aliphatic rings. The molecule has 0 aliphatic carbocycles. The molecule has 1 heterocycles. The van der Waals surface area contributed by atoms with Gasteiger partial charge >= 0.3 is 12.0 Å². The molecule has 130 valence electrons. The first-order valence-electron chi connectivity index (χ1n) is 8.38. The van der Waals surface area contributed by atoms with E-state index in [1.807, 2.05) is 0 Å². The first kappa shape index (κ1) is 20.7. The van der Waals surface area contributed by atoms with Crippen molar-refractivity contribution in [1.82, 2.24) is 9.80 Å². The SMILES string of the molecule is CCCN(CCC(=O)O)C(C)C.NC(=O)N1CCCCCC1. The maximum atomic E-state index is 10.7. The third-order valence-corrected chi connectivity index (χ3v) is 3.77. The number of rotatable bonds is 6. The van der Waals surface area contributed by atoms with E-state index < -0.39 is 5.97 Å². The minimum absolute atomic E-state index is 0.248. The van der Waals surface area contributed by atoms with E-state index in [1.54, 1.807) is 4.90 Å². The number of likely N-dealkylation sites (tertiary alicyclic amines) is 1. The number of primary amides is 1. The lowest BCUT2D eigenvalue weighted by atomic mass is 10.2. The third-order valence-electron chi connectivity index (χ3n) is 3.77. The summed E-state index contributed by atoms with van der Waals surface area (Å²) in [6, 6.07) is 0.186. The van der Waals surface area contributed by atoms with E-state index in [-0.39, 0.29) is 12.5 Å². The predicted molar refractivity (Wildman–Crippen MR) is 88.9 cm³/mol. The van der Waals surface area contributed by atoms with Gasteiger partial charge in [0.1, 0.15) is 0 Å². The summed E-state index contributed by atoms with van der Waals surface area (Å²) in [5, 5.41) is 8.49. The standard InChI is InChI=1S/C9H19NO2.C7H14N2O/c1-4-6-10(8(2)3)7-5-9(11)12;8-7(10)9-5-3-1-2-4-6-9/h8H,4-7H2,1-3H3,(H,11,12);1-6H2,(H2,8,10). The van der Waals surface area contributed by atoms with E-state index in [1.165, 1.54) is 12.8 Å². The second-order valence-corrected chi connectivity index (χ2v) is 6.01. The monoisotopic (exact) mass is 315 g/mol. The van der Waals surface area contributed by atoms with Crippen LogP contribution in [0.25, 0.3) is 0 Å². The Hall–Kier alpha value is -1.30.